The number of rotatable bonds is 1. The van der Waals surface area contributed by atoms with Gasteiger partial charge in [0.25, 0.3) is 0 Å². The minimum Gasteiger partial charge on any atom is -0.391 e. The van der Waals surface area contributed by atoms with E-state index in [1.807, 2.05) is 0 Å². The van der Waals surface area contributed by atoms with Crippen LogP contribution >= 0.6 is 0 Å². The van der Waals surface area contributed by atoms with Gasteiger partial charge in [0, 0.05) is 6.20 Å². The molecule has 0 radical (unpaired) electrons. The largest absolute Gasteiger partial charge is 0.418 e. The monoisotopic (exact) mass is 246 g/mol. The molecule has 2 heterocycles. The fraction of sp³-hybridized carbons (Fsp3) is 0.400. The minimum absolute atomic E-state index is 0.131. The summed E-state index contributed by atoms with van der Waals surface area (Å²) in [5.74, 6) is -0.531. The van der Waals surface area contributed by atoms with Gasteiger partial charge in [-0.15, -0.1) is 0 Å². The molecule has 1 saturated heterocycles. The standard InChI is InChI=1S/C10H9F3N2O2/c11-10(12,13)7-1-2-14-4-8(7)15-5-6(16)3-9(15)17/h1-2,4,6,16H,3,5H2. The fourth-order valence-corrected chi connectivity index (χ4v) is 1.76. The van der Waals surface area contributed by atoms with Crippen molar-refractivity contribution in [2.45, 2.75) is 18.7 Å². The third-order valence-electron chi connectivity index (χ3n) is 2.50. The third kappa shape index (κ3) is 2.23. The Kier molecular flexibility index (Phi) is 2.78. The number of carbonyl (C=O) groups excluding carboxylic acids is 1. The second-order valence-corrected chi connectivity index (χ2v) is 3.75. The quantitative estimate of drug-likeness (QED) is 0.810. The average molecular weight is 246 g/mol. The van der Waals surface area contributed by atoms with Crippen LogP contribution in [-0.4, -0.2) is 28.6 Å². The second kappa shape index (κ2) is 3.99. The zero-order valence-corrected chi connectivity index (χ0v) is 8.61. The summed E-state index contributed by atoms with van der Waals surface area (Å²) in [6.07, 6.45) is -3.64. The van der Waals surface area contributed by atoms with E-state index in [4.69, 9.17) is 0 Å². The fourth-order valence-electron chi connectivity index (χ4n) is 1.76. The maximum Gasteiger partial charge on any atom is 0.418 e. The lowest BCUT2D eigenvalue weighted by molar-refractivity contribution is -0.137. The molecule has 7 heteroatoms. The SMILES string of the molecule is O=C1CC(O)CN1c1cnccc1C(F)(F)F. The van der Waals surface area contributed by atoms with Crippen molar-refractivity contribution in [1.82, 2.24) is 4.98 Å². The van der Waals surface area contributed by atoms with E-state index in [9.17, 15) is 23.1 Å². The van der Waals surface area contributed by atoms with E-state index in [2.05, 4.69) is 4.98 Å². The number of carbonyl (C=O) groups is 1. The van der Waals surface area contributed by atoms with Crippen LogP contribution in [0.2, 0.25) is 0 Å². The number of pyridine rings is 1. The molecule has 92 valence electrons. The molecule has 1 aromatic rings. The number of anilines is 1. The van der Waals surface area contributed by atoms with E-state index >= 15 is 0 Å². The Morgan fingerprint density at radius 1 is 1.47 bits per heavy atom. The van der Waals surface area contributed by atoms with Gasteiger partial charge in [0.15, 0.2) is 0 Å². The highest BCUT2D eigenvalue weighted by Gasteiger charge is 2.38. The summed E-state index contributed by atoms with van der Waals surface area (Å²) in [5, 5.41) is 9.26. The highest BCUT2D eigenvalue weighted by molar-refractivity contribution is 5.96. The van der Waals surface area contributed by atoms with Gasteiger partial charge in [0.1, 0.15) is 0 Å². The molecule has 4 nitrogen and oxygen atoms in total. The van der Waals surface area contributed by atoms with Crippen LogP contribution in [0.1, 0.15) is 12.0 Å². The van der Waals surface area contributed by atoms with Crippen LogP contribution in [0.15, 0.2) is 18.5 Å². The lowest BCUT2D eigenvalue weighted by Crippen LogP contribution is -2.28. The van der Waals surface area contributed by atoms with Gasteiger partial charge in [-0.05, 0) is 6.07 Å². The van der Waals surface area contributed by atoms with Crippen LogP contribution in [0.25, 0.3) is 0 Å². The number of hydrogen-bond donors (Lipinski definition) is 1. The van der Waals surface area contributed by atoms with Gasteiger partial charge in [0.05, 0.1) is 36.5 Å². The molecule has 1 atom stereocenters. The second-order valence-electron chi connectivity index (χ2n) is 3.75. The number of aliphatic hydroxyl groups is 1. The van der Waals surface area contributed by atoms with E-state index < -0.39 is 23.8 Å². The van der Waals surface area contributed by atoms with Gasteiger partial charge >= 0.3 is 6.18 Å². The molecule has 0 aromatic carbocycles. The van der Waals surface area contributed by atoms with Crippen molar-refractivity contribution >= 4 is 11.6 Å². The number of aliphatic hydroxyl groups excluding tert-OH is 1. The highest BCUT2D eigenvalue weighted by Crippen LogP contribution is 2.37. The Hall–Kier alpha value is -1.63. The molecule has 2 rings (SSSR count). The first-order chi connectivity index (χ1) is 7.89. The van der Waals surface area contributed by atoms with Crippen molar-refractivity contribution in [3.05, 3.63) is 24.0 Å². The summed E-state index contributed by atoms with van der Waals surface area (Å²) in [7, 11) is 0. The summed E-state index contributed by atoms with van der Waals surface area (Å²) in [6, 6.07) is 0.813. The maximum absolute atomic E-state index is 12.7. The number of alkyl halides is 3. The molecule has 0 bridgehead atoms. The van der Waals surface area contributed by atoms with E-state index in [1.54, 1.807) is 0 Å². The van der Waals surface area contributed by atoms with Crippen LogP contribution in [-0.2, 0) is 11.0 Å². The number of β-amino-alcohol motifs (C(OH)–C–C–N with tert-alkyl or cyclic N) is 1. The minimum atomic E-state index is -4.55. The van der Waals surface area contributed by atoms with Gasteiger partial charge < -0.3 is 10.0 Å². The lowest BCUT2D eigenvalue weighted by atomic mass is 10.2. The summed E-state index contributed by atoms with van der Waals surface area (Å²) >= 11 is 0. The predicted octanol–water partition coefficient (Wildman–Crippen LogP) is 1.20. The van der Waals surface area contributed by atoms with Gasteiger partial charge in [0.2, 0.25) is 5.91 Å². The van der Waals surface area contributed by atoms with Crippen molar-refractivity contribution in [2.75, 3.05) is 11.4 Å². The Bertz CT molecular complexity index is 447. The van der Waals surface area contributed by atoms with Crippen LogP contribution in [0.4, 0.5) is 18.9 Å². The smallest absolute Gasteiger partial charge is 0.391 e. The van der Waals surface area contributed by atoms with Crippen LogP contribution in [0.3, 0.4) is 0 Å². The molecule has 0 saturated carbocycles. The molecule has 1 amide bonds. The molecule has 0 aliphatic carbocycles. The number of amides is 1. The summed E-state index contributed by atoms with van der Waals surface area (Å²) in [6.45, 7) is -0.131. The molecule has 1 N–H and O–H groups in total. The molecule has 1 aliphatic rings. The van der Waals surface area contributed by atoms with E-state index in [0.717, 1.165) is 23.4 Å². The Morgan fingerprint density at radius 3 is 2.71 bits per heavy atom. The van der Waals surface area contributed by atoms with Crippen molar-refractivity contribution < 1.29 is 23.1 Å². The summed E-state index contributed by atoms with van der Waals surface area (Å²) in [5.41, 5.74) is -1.23. The van der Waals surface area contributed by atoms with Crippen LogP contribution in [0, 0.1) is 0 Å². The first-order valence-electron chi connectivity index (χ1n) is 4.89. The summed E-state index contributed by atoms with van der Waals surface area (Å²) in [4.78, 5) is 15.9. The predicted molar refractivity (Wildman–Crippen MR) is 52.2 cm³/mol. The number of nitrogens with zero attached hydrogens (tertiary/aromatic N) is 2. The number of hydrogen-bond acceptors (Lipinski definition) is 3. The first kappa shape index (κ1) is 11.8. The Labute approximate surface area is 94.7 Å². The topological polar surface area (TPSA) is 53.4 Å². The van der Waals surface area contributed by atoms with Crippen LogP contribution < -0.4 is 4.90 Å². The molecule has 1 aromatic heterocycles. The maximum atomic E-state index is 12.7. The Morgan fingerprint density at radius 2 is 2.18 bits per heavy atom. The van der Waals surface area contributed by atoms with Gasteiger partial charge in [-0.1, -0.05) is 0 Å². The molecule has 1 fully saturated rings. The third-order valence-corrected chi connectivity index (χ3v) is 2.50. The number of halogens is 3. The zero-order chi connectivity index (χ0) is 12.6. The van der Waals surface area contributed by atoms with Crippen LogP contribution in [0.5, 0.6) is 0 Å². The Balaban J connectivity index is 2.42. The van der Waals surface area contributed by atoms with E-state index in [0.29, 0.717) is 0 Å². The van der Waals surface area contributed by atoms with Gasteiger partial charge in [-0.3, -0.25) is 9.78 Å². The zero-order valence-electron chi connectivity index (χ0n) is 8.61. The van der Waals surface area contributed by atoms with Crippen molar-refractivity contribution in [1.29, 1.82) is 0 Å². The van der Waals surface area contributed by atoms with Crippen molar-refractivity contribution in [3.63, 3.8) is 0 Å². The van der Waals surface area contributed by atoms with E-state index in [1.165, 1.54) is 0 Å². The van der Waals surface area contributed by atoms with Crippen molar-refractivity contribution in [2.24, 2.45) is 0 Å². The summed E-state index contributed by atoms with van der Waals surface area (Å²) < 4.78 is 38.1. The molecule has 0 spiro atoms. The lowest BCUT2D eigenvalue weighted by Gasteiger charge is -2.20. The number of aromatic nitrogens is 1. The highest BCUT2D eigenvalue weighted by atomic mass is 19.4. The molecular formula is C10H9F3N2O2. The average Bonchev–Trinajstić information content (AvgIpc) is 2.56. The molecular weight excluding hydrogens is 237 g/mol. The molecule has 17 heavy (non-hydrogen) atoms. The first-order valence-corrected chi connectivity index (χ1v) is 4.89. The van der Waals surface area contributed by atoms with Crippen molar-refractivity contribution in [3.8, 4) is 0 Å². The normalized spacial score (nSPS) is 21.1. The van der Waals surface area contributed by atoms with Gasteiger partial charge in [-0.25, -0.2) is 0 Å². The van der Waals surface area contributed by atoms with Gasteiger partial charge in [-0.2, -0.15) is 13.2 Å². The molecule has 1 aliphatic heterocycles. The van der Waals surface area contributed by atoms with E-state index in [-0.39, 0.29) is 18.7 Å². The molecule has 1 unspecified atom stereocenters.